The lowest BCUT2D eigenvalue weighted by atomic mass is 9.73. The van der Waals surface area contributed by atoms with Crippen LogP contribution in [0.5, 0.6) is 0 Å². The van der Waals surface area contributed by atoms with Crippen molar-refractivity contribution >= 4 is 18.0 Å². The highest BCUT2D eigenvalue weighted by molar-refractivity contribution is 5.87. The second-order valence-corrected chi connectivity index (χ2v) is 10.3. The van der Waals surface area contributed by atoms with Gasteiger partial charge in [0.1, 0.15) is 12.1 Å². The Balaban J connectivity index is 1.06. The minimum absolute atomic E-state index is 0.0364. The summed E-state index contributed by atoms with van der Waals surface area (Å²) in [6.45, 7) is 2.97. The highest BCUT2D eigenvalue weighted by Gasteiger charge is 2.46. The Hall–Kier alpha value is -3.35. The largest absolute Gasteiger partial charge is 0.480 e. The van der Waals surface area contributed by atoms with Crippen molar-refractivity contribution in [2.24, 2.45) is 11.8 Å². The zero-order valence-corrected chi connectivity index (χ0v) is 20.0. The number of alkyl carbamates (subject to hydrolysis) is 1. The number of hydrogen-bond donors (Lipinski definition) is 2. The molecule has 3 aliphatic rings. The van der Waals surface area contributed by atoms with E-state index in [-0.39, 0.29) is 17.7 Å². The molecule has 2 fully saturated rings. The van der Waals surface area contributed by atoms with E-state index in [9.17, 15) is 19.5 Å². The van der Waals surface area contributed by atoms with Gasteiger partial charge < -0.3 is 20.1 Å². The van der Waals surface area contributed by atoms with Gasteiger partial charge in [-0.3, -0.25) is 4.79 Å². The highest BCUT2D eigenvalue weighted by Crippen LogP contribution is 2.44. The lowest BCUT2D eigenvalue weighted by Gasteiger charge is -2.38. The molecule has 35 heavy (non-hydrogen) atoms. The zero-order chi connectivity index (χ0) is 24.6. The molecule has 5 rings (SSSR count). The summed E-state index contributed by atoms with van der Waals surface area (Å²) in [4.78, 5) is 38.2. The van der Waals surface area contributed by atoms with Gasteiger partial charge in [0, 0.05) is 25.4 Å². The van der Waals surface area contributed by atoms with E-state index in [0.29, 0.717) is 38.5 Å². The number of hydrogen-bond acceptors (Lipinski definition) is 4. The Morgan fingerprint density at radius 1 is 1.03 bits per heavy atom. The van der Waals surface area contributed by atoms with Crippen molar-refractivity contribution in [3.8, 4) is 11.1 Å². The molecular weight excluding hydrogens is 444 g/mol. The van der Waals surface area contributed by atoms with Gasteiger partial charge >= 0.3 is 12.1 Å². The van der Waals surface area contributed by atoms with Crippen LogP contribution >= 0.6 is 0 Å². The predicted molar refractivity (Wildman–Crippen MR) is 131 cm³/mol. The van der Waals surface area contributed by atoms with Crippen molar-refractivity contribution in [1.82, 2.24) is 10.2 Å². The van der Waals surface area contributed by atoms with Crippen LogP contribution in [0.25, 0.3) is 11.1 Å². The predicted octanol–water partition coefficient (Wildman–Crippen LogP) is 4.41. The number of likely N-dealkylation sites (tertiary alicyclic amines) is 1. The van der Waals surface area contributed by atoms with Crippen LogP contribution in [-0.4, -0.2) is 53.2 Å². The molecule has 2 aromatic rings. The lowest BCUT2D eigenvalue weighted by molar-refractivity contribution is -0.156. The second kappa shape index (κ2) is 9.36. The third-order valence-electron chi connectivity index (χ3n) is 8.08. The first-order valence-corrected chi connectivity index (χ1v) is 12.5. The molecular formula is C28H32N2O5. The summed E-state index contributed by atoms with van der Waals surface area (Å²) in [7, 11) is 0. The fraction of sp³-hybridized carbons (Fsp3) is 0.464. The molecule has 2 amide bonds. The van der Waals surface area contributed by atoms with Crippen molar-refractivity contribution in [3.05, 3.63) is 59.7 Å². The number of carboxylic acids is 1. The van der Waals surface area contributed by atoms with Crippen molar-refractivity contribution in [1.29, 1.82) is 0 Å². The molecule has 1 saturated heterocycles. The van der Waals surface area contributed by atoms with Crippen LogP contribution in [-0.2, 0) is 14.3 Å². The molecule has 1 unspecified atom stereocenters. The number of rotatable bonds is 7. The fourth-order valence-electron chi connectivity index (χ4n) is 6.03. The lowest BCUT2D eigenvalue weighted by Crippen LogP contribution is -2.51. The number of nitrogens with one attached hydrogen (secondary N) is 1. The van der Waals surface area contributed by atoms with Gasteiger partial charge in [-0.05, 0) is 66.7 Å². The van der Waals surface area contributed by atoms with E-state index in [1.165, 1.54) is 27.2 Å². The van der Waals surface area contributed by atoms with E-state index in [4.69, 9.17) is 4.74 Å². The summed E-state index contributed by atoms with van der Waals surface area (Å²) in [6.07, 6.45) is 2.91. The second-order valence-electron chi connectivity index (χ2n) is 10.3. The van der Waals surface area contributed by atoms with E-state index < -0.39 is 17.6 Å². The molecule has 1 aliphatic heterocycles. The molecule has 1 saturated carbocycles. The van der Waals surface area contributed by atoms with Crippen LogP contribution in [0.3, 0.4) is 0 Å². The molecule has 184 valence electrons. The van der Waals surface area contributed by atoms with Crippen LogP contribution < -0.4 is 5.32 Å². The number of ether oxygens (including phenoxy) is 1. The maximum absolute atomic E-state index is 12.7. The summed E-state index contributed by atoms with van der Waals surface area (Å²) < 4.78 is 5.60. The fourth-order valence-corrected chi connectivity index (χ4v) is 6.03. The Labute approximate surface area is 205 Å². The van der Waals surface area contributed by atoms with Crippen LogP contribution in [0.4, 0.5) is 4.79 Å². The summed E-state index contributed by atoms with van der Waals surface area (Å²) in [6, 6.07) is 16.5. The first-order valence-electron chi connectivity index (χ1n) is 12.5. The zero-order valence-electron chi connectivity index (χ0n) is 20.0. The van der Waals surface area contributed by atoms with E-state index >= 15 is 0 Å². The van der Waals surface area contributed by atoms with Gasteiger partial charge in [-0.25, -0.2) is 9.59 Å². The van der Waals surface area contributed by atoms with Gasteiger partial charge in [0.2, 0.25) is 5.91 Å². The van der Waals surface area contributed by atoms with Gasteiger partial charge in [-0.15, -0.1) is 0 Å². The molecule has 1 heterocycles. The number of carboxylic acid groups (broad SMARTS) is 1. The molecule has 1 atom stereocenters. The van der Waals surface area contributed by atoms with Crippen LogP contribution in [0.2, 0.25) is 0 Å². The summed E-state index contributed by atoms with van der Waals surface area (Å²) in [5.41, 5.74) is 3.69. The normalized spacial score (nSPS) is 24.9. The third-order valence-corrected chi connectivity index (χ3v) is 8.08. The number of amides is 2. The van der Waals surface area contributed by atoms with Crippen molar-refractivity contribution in [2.75, 3.05) is 19.7 Å². The minimum atomic E-state index is -1.08. The minimum Gasteiger partial charge on any atom is -0.480 e. The monoisotopic (exact) mass is 476 g/mol. The molecule has 2 N–H and O–H groups in total. The number of nitrogens with zero attached hydrogens (tertiary/aromatic N) is 1. The van der Waals surface area contributed by atoms with Crippen LogP contribution in [0.15, 0.2) is 48.5 Å². The Kier molecular flexibility index (Phi) is 6.26. The SMILES string of the molecule is CC1(C(=O)O)CCCN1C(=O)CC1CC(CNC(=O)OCC2c3ccccc3-c3ccccc32)C1. The maximum atomic E-state index is 12.7. The Morgan fingerprint density at radius 2 is 1.66 bits per heavy atom. The number of carbonyl (C=O) groups is 3. The third kappa shape index (κ3) is 4.40. The molecule has 0 spiro atoms. The molecule has 2 aromatic carbocycles. The van der Waals surface area contributed by atoms with Crippen LogP contribution in [0.1, 0.15) is 56.1 Å². The average Bonchev–Trinajstić information content (AvgIpc) is 3.38. The molecule has 2 aliphatic carbocycles. The van der Waals surface area contributed by atoms with Gasteiger partial charge in [-0.2, -0.15) is 0 Å². The first-order chi connectivity index (χ1) is 16.9. The van der Waals surface area contributed by atoms with Crippen LogP contribution in [0, 0.1) is 11.8 Å². The highest BCUT2D eigenvalue weighted by atomic mass is 16.5. The van der Waals surface area contributed by atoms with Gasteiger partial charge in [0.25, 0.3) is 0 Å². The summed E-state index contributed by atoms with van der Waals surface area (Å²) in [5.74, 6) is -0.398. The van der Waals surface area contributed by atoms with Gasteiger partial charge in [0.15, 0.2) is 0 Å². The average molecular weight is 477 g/mol. The van der Waals surface area contributed by atoms with Crippen molar-refractivity contribution in [2.45, 2.75) is 50.5 Å². The van der Waals surface area contributed by atoms with E-state index in [1.54, 1.807) is 6.92 Å². The standard InChI is InChI=1S/C28H32N2O5/c1-28(26(32)33)11-6-12-30(28)25(31)15-18-13-19(14-18)16-29-27(34)35-17-24-22-9-4-2-7-20(22)21-8-3-5-10-23(21)24/h2-5,7-10,18-19,24H,6,11-17H2,1H3,(H,29,34)(H,32,33). The van der Waals surface area contributed by atoms with Crippen molar-refractivity contribution < 1.29 is 24.2 Å². The van der Waals surface area contributed by atoms with E-state index in [1.807, 2.05) is 24.3 Å². The summed E-state index contributed by atoms with van der Waals surface area (Å²) in [5, 5.41) is 12.4. The molecule has 7 nitrogen and oxygen atoms in total. The number of benzene rings is 2. The van der Waals surface area contributed by atoms with E-state index in [2.05, 4.69) is 29.6 Å². The van der Waals surface area contributed by atoms with Gasteiger partial charge in [-0.1, -0.05) is 48.5 Å². The molecule has 0 aromatic heterocycles. The maximum Gasteiger partial charge on any atom is 0.407 e. The molecule has 7 heteroatoms. The Morgan fingerprint density at radius 3 is 2.29 bits per heavy atom. The van der Waals surface area contributed by atoms with Gasteiger partial charge in [0.05, 0.1) is 0 Å². The first kappa shape index (κ1) is 23.4. The Bertz CT molecular complexity index is 1100. The number of fused-ring (bicyclic) bond motifs is 3. The topological polar surface area (TPSA) is 95.9 Å². The smallest absolute Gasteiger partial charge is 0.407 e. The quantitative estimate of drug-likeness (QED) is 0.617. The van der Waals surface area contributed by atoms with E-state index in [0.717, 1.165) is 19.3 Å². The van der Waals surface area contributed by atoms with Crippen molar-refractivity contribution in [3.63, 3.8) is 0 Å². The number of aliphatic carboxylic acids is 1. The number of carbonyl (C=O) groups excluding carboxylic acids is 2. The summed E-state index contributed by atoms with van der Waals surface area (Å²) >= 11 is 0. The molecule has 0 radical (unpaired) electrons. The molecule has 0 bridgehead atoms.